The van der Waals surface area contributed by atoms with Crippen molar-refractivity contribution < 1.29 is 8.42 Å². The summed E-state index contributed by atoms with van der Waals surface area (Å²) in [6.45, 7) is 5.15. The Morgan fingerprint density at radius 2 is 2.18 bits per heavy atom. The van der Waals surface area contributed by atoms with Crippen molar-refractivity contribution in [1.82, 2.24) is 9.62 Å². The second-order valence-electron chi connectivity index (χ2n) is 5.98. The van der Waals surface area contributed by atoms with E-state index in [9.17, 15) is 8.42 Å². The number of sulfonamides is 1. The van der Waals surface area contributed by atoms with Gasteiger partial charge < -0.3 is 10.6 Å². The monoisotopic (exact) mass is 325 g/mol. The number of rotatable bonds is 7. The van der Waals surface area contributed by atoms with Gasteiger partial charge in [-0.1, -0.05) is 18.6 Å². The van der Waals surface area contributed by atoms with Gasteiger partial charge in [0, 0.05) is 19.1 Å². The Hall–Kier alpha value is -0.950. The number of piperidine rings is 1. The molecule has 0 spiro atoms. The summed E-state index contributed by atoms with van der Waals surface area (Å²) in [5.74, 6) is 0. The Balaban J connectivity index is 1.82. The van der Waals surface area contributed by atoms with Crippen molar-refractivity contribution in [3.05, 3.63) is 29.8 Å². The molecule has 0 amide bonds. The quantitative estimate of drug-likeness (QED) is 0.748. The molecule has 1 aliphatic heterocycles. The molecule has 6 heteroatoms. The van der Waals surface area contributed by atoms with Crippen LogP contribution >= 0.6 is 0 Å². The van der Waals surface area contributed by atoms with Gasteiger partial charge in [0.05, 0.1) is 4.90 Å². The van der Waals surface area contributed by atoms with Crippen molar-refractivity contribution in [2.45, 2.75) is 50.1 Å². The summed E-state index contributed by atoms with van der Waals surface area (Å²) >= 11 is 0. The van der Waals surface area contributed by atoms with E-state index in [4.69, 9.17) is 5.73 Å². The Kier molecular flexibility index (Phi) is 6.37. The standard InChI is InChI=1S/C16H27N3O2S/c1-14-6-2-3-10-19(14)11-5-9-18-22(20,21)16-8-4-7-15(12-16)13-17/h4,7-8,12,14,18H,2-3,5-6,9-11,13,17H2,1H3. The summed E-state index contributed by atoms with van der Waals surface area (Å²) < 4.78 is 27.2. The number of likely N-dealkylation sites (tertiary alicyclic amines) is 1. The zero-order valence-corrected chi connectivity index (χ0v) is 14.1. The van der Waals surface area contributed by atoms with E-state index in [1.165, 1.54) is 19.3 Å². The highest BCUT2D eigenvalue weighted by atomic mass is 32.2. The third-order valence-electron chi connectivity index (χ3n) is 4.30. The van der Waals surface area contributed by atoms with Crippen molar-refractivity contribution in [3.8, 4) is 0 Å². The Labute approximate surface area is 133 Å². The molecule has 0 bridgehead atoms. The molecular formula is C16H27N3O2S. The molecular weight excluding hydrogens is 298 g/mol. The fourth-order valence-electron chi connectivity index (χ4n) is 2.90. The van der Waals surface area contributed by atoms with Crippen molar-refractivity contribution in [3.63, 3.8) is 0 Å². The SMILES string of the molecule is CC1CCCCN1CCCNS(=O)(=O)c1cccc(CN)c1. The molecule has 1 saturated heterocycles. The minimum atomic E-state index is -3.43. The third-order valence-corrected chi connectivity index (χ3v) is 5.76. The molecule has 2 rings (SSSR count). The molecule has 1 aromatic carbocycles. The molecule has 3 N–H and O–H groups in total. The van der Waals surface area contributed by atoms with Crippen LogP contribution in [0.25, 0.3) is 0 Å². The lowest BCUT2D eigenvalue weighted by Gasteiger charge is -2.33. The first-order valence-corrected chi connectivity index (χ1v) is 9.54. The van der Waals surface area contributed by atoms with Crippen LogP contribution in [0, 0.1) is 0 Å². The van der Waals surface area contributed by atoms with Gasteiger partial charge >= 0.3 is 0 Å². The van der Waals surface area contributed by atoms with Gasteiger partial charge in [0.1, 0.15) is 0 Å². The van der Waals surface area contributed by atoms with Crippen LogP contribution < -0.4 is 10.5 Å². The minimum Gasteiger partial charge on any atom is -0.326 e. The Morgan fingerprint density at radius 3 is 2.91 bits per heavy atom. The predicted octanol–water partition coefficient (Wildman–Crippen LogP) is 1.69. The van der Waals surface area contributed by atoms with Crippen molar-refractivity contribution >= 4 is 10.0 Å². The fraction of sp³-hybridized carbons (Fsp3) is 0.625. The van der Waals surface area contributed by atoms with Gasteiger partial charge in [0.2, 0.25) is 10.0 Å². The minimum absolute atomic E-state index is 0.293. The second kappa shape index (κ2) is 8.06. The van der Waals surface area contributed by atoms with Crippen LogP contribution in [0.2, 0.25) is 0 Å². The first-order valence-electron chi connectivity index (χ1n) is 8.05. The maximum atomic E-state index is 12.3. The number of hydrogen-bond acceptors (Lipinski definition) is 4. The van der Waals surface area contributed by atoms with Crippen LogP contribution in [0.4, 0.5) is 0 Å². The lowest BCUT2D eigenvalue weighted by atomic mass is 10.0. The highest BCUT2D eigenvalue weighted by Crippen LogP contribution is 2.16. The van der Waals surface area contributed by atoms with Crippen molar-refractivity contribution in [2.75, 3.05) is 19.6 Å². The van der Waals surface area contributed by atoms with Crippen LogP contribution in [0.3, 0.4) is 0 Å². The van der Waals surface area contributed by atoms with Crippen molar-refractivity contribution in [2.24, 2.45) is 5.73 Å². The van der Waals surface area contributed by atoms with Crippen LogP contribution in [0.1, 0.15) is 38.2 Å². The summed E-state index contributed by atoms with van der Waals surface area (Å²) in [5.41, 5.74) is 6.38. The van der Waals surface area contributed by atoms with Gasteiger partial charge in [-0.05, 0) is 57.0 Å². The van der Waals surface area contributed by atoms with E-state index in [0.717, 1.165) is 25.1 Å². The first-order chi connectivity index (χ1) is 10.5. The molecule has 1 heterocycles. The number of nitrogens with one attached hydrogen (secondary N) is 1. The molecule has 5 nitrogen and oxygen atoms in total. The summed E-state index contributed by atoms with van der Waals surface area (Å²) in [5, 5.41) is 0. The largest absolute Gasteiger partial charge is 0.326 e. The number of nitrogens with two attached hydrogens (primary N) is 1. The van der Waals surface area contributed by atoms with Crippen LogP contribution in [-0.2, 0) is 16.6 Å². The fourth-order valence-corrected chi connectivity index (χ4v) is 4.05. The van der Waals surface area contributed by atoms with Gasteiger partial charge in [-0.15, -0.1) is 0 Å². The summed E-state index contributed by atoms with van der Waals surface area (Å²) in [6, 6.07) is 7.42. The van der Waals surface area contributed by atoms with E-state index in [1.54, 1.807) is 18.2 Å². The molecule has 1 aromatic rings. The van der Waals surface area contributed by atoms with Crippen LogP contribution in [-0.4, -0.2) is 39.0 Å². The van der Waals surface area contributed by atoms with Crippen LogP contribution in [0.15, 0.2) is 29.2 Å². The van der Waals surface area contributed by atoms with Gasteiger partial charge in [-0.25, -0.2) is 13.1 Å². The molecule has 1 fully saturated rings. The van der Waals surface area contributed by atoms with E-state index in [0.29, 0.717) is 24.0 Å². The molecule has 1 aliphatic rings. The molecule has 0 aromatic heterocycles. The number of benzene rings is 1. The lowest BCUT2D eigenvalue weighted by Crippen LogP contribution is -2.39. The molecule has 124 valence electrons. The average molecular weight is 325 g/mol. The zero-order valence-electron chi connectivity index (χ0n) is 13.3. The highest BCUT2D eigenvalue weighted by Gasteiger charge is 2.18. The van der Waals surface area contributed by atoms with Crippen molar-refractivity contribution in [1.29, 1.82) is 0 Å². The van der Waals surface area contributed by atoms with E-state index in [2.05, 4.69) is 16.5 Å². The summed E-state index contributed by atoms with van der Waals surface area (Å²) in [7, 11) is -3.43. The van der Waals surface area contributed by atoms with Gasteiger partial charge in [0.15, 0.2) is 0 Å². The molecule has 1 atom stereocenters. The van der Waals surface area contributed by atoms with E-state index < -0.39 is 10.0 Å². The predicted molar refractivity (Wildman–Crippen MR) is 89.0 cm³/mol. The third kappa shape index (κ3) is 4.78. The molecule has 0 aliphatic carbocycles. The van der Waals surface area contributed by atoms with E-state index in [-0.39, 0.29) is 0 Å². The molecule has 1 unspecified atom stereocenters. The first kappa shape index (κ1) is 17.4. The maximum absolute atomic E-state index is 12.3. The van der Waals surface area contributed by atoms with E-state index >= 15 is 0 Å². The topological polar surface area (TPSA) is 75.4 Å². The van der Waals surface area contributed by atoms with Gasteiger partial charge in [0.25, 0.3) is 0 Å². The maximum Gasteiger partial charge on any atom is 0.240 e. The number of hydrogen-bond donors (Lipinski definition) is 2. The number of nitrogens with zero attached hydrogens (tertiary/aromatic N) is 1. The normalized spacial score (nSPS) is 20.2. The molecule has 22 heavy (non-hydrogen) atoms. The Bertz CT molecular complexity index is 575. The summed E-state index contributed by atoms with van der Waals surface area (Å²) in [4.78, 5) is 2.74. The lowest BCUT2D eigenvalue weighted by molar-refractivity contribution is 0.159. The van der Waals surface area contributed by atoms with Gasteiger partial charge in [-0.3, -0.25) is 0 Å². The van der Waals surface area contributed by atoms with Gasteiger partial charge in [-0.2, -0.15) is 0 Å². The second-order valence-corrected chi connectivity index (χ2v) is 7.75. The van der Waals surface area contributed by atoms with Crippen LogP contribution in [0.5, 0.6) is 0 Å². The molecule has 0 radical (unpaired) electrons. The molecule has 0 saturated carbocycles. The average Bonchev–Trinajstić information content (AvgIpc) is 2.53. The smallest absolute Gasteiger partial charge is 0.240 e. The highest BCUT2D eigenvalue weighted by molar-refractivity contribution is 7.89. The Morgan fingerprint density at radius 1 is 1.36 bits per heavy atom. The summed E-state index contributed by atoms with van der Waals surface area (Å²) in [6.07, 6.45) is 4.64. The zero-order chi connectivity index (χ0) is 16.0. The van der Waals surface area contributed by atoms with E-state index in [1.807, 2.05) is 6.07 Å².